The van der Waals surface area contributed by atoms with Gasteiger partial charge in [0.2, 0.25) is 0 Å². The summed E-state index contributed by atoms with van der Waals surface area (Å²) in [7, 11) is -3.23. The predicted octanol–water partition coefficient (Wildman–Crippen LogP) is 2.35. The van der Waals surface area contributed by atoms with E-state index in [0.29, 0.717) is 30.3 Å². The molecule has 1 aliphatic rings. The van der Waals surface area contributed by atoms with Crippen LogP contribution >= 0.6 is 0 Å². The number of nitrogens with one attached hydrogen (secondary N) is 1. The van der Waals surface area contributed by atoms with E-state index in [1.54, 1.807) is 30.3 Å². The molecule has 1 N–H and O–H groups in total. The number of sulfone groups is 1. The second kappa shape index (κ2) is 6.76. The summed E-state index contributed by atoms with van der Waals surface area (Å²) in [6.45, 7) is 2.80. The highest BCUT2D eigenvalue weighted by Gasteiger charge is 2.17. The molecule has 0 radical (unpaired) electrons. The topological polar surface area (TPSA) is 81.7 Å². The standard InChI is InChI=1S/C18H19NO5S/c1-12(13-3-6-15(7-4-13)25(2,21)22)19-18(20)14-5-8-16-17(11-14)24-10-9-23-16/h3-8,11-12H,9-10H2,1-2H3,(H,19,20)/t12-/m0/s1. The minimum absolute atomic E-state index is 0.239. The van der Waals surface area contributed by atoms with E-state index in [0.717, 1.165) is 11.8 Å². The number of hydrogen-bond acceptors (Lipinski definition) is 5. The van der Waals surface area contributed by atoms with Gasteiger partial charge in [-0.3, -0.25) is 4.79 Å². The molecule has 3 rings (SSSR count). The lowest BCUT2D eigenvalue weighted by atomic mass is 10.1. The van der Waals surface area contributed by atoms with E-state index in [-0.39, 0.29) is 16.8 Å². The third-order valence-electron chi connectivity index (χ3n) is 3.96. The zero-order valence-electron chi connectivity index (χ0n) is 14.0. The molecular formula is C18H19NO5S. The predicted molar refractivity (Wildman–Crippen MR) is 92.9 cm³/mol. The molecule has 0 saturated carbocycles. The van der Waals surface area contributed by atoms with Gasteiger partial charge in [-0.05, 0) is 42.8 Å². The number of ether oxygens (including phenoxy) is 2. The van der Waals surface area contributed by atoms with Crippen molar-refractivity contribution in [3.63, 3.8) is 0 Å². The zero-order chi connectivity index (χ0) is 18.0. The van der Waals surface area contributed by atoms with E-state index in [2.05, 4.69) is 5.32 Å². The molecule has 0 aliphatic carbocycles. The zero-order valence-corrected chi connectivity index (χ0v) is 14.8. The average Bonchev–Trinajstić information content (AvgIpc) is 2.60. The van der Waals surface area contributed by atoms with Gasteiger partial charge < -0.3 is 14.8 Å². The Labute approximate surface area is 146 Å². The molecule has 132 valence electrons. The SMILES string of the molecule is C[C@H](NC(=O)c1ccc2c(c1)OCCO2)c1ccc(S(C)(=O)=O)cc1. The molecular weight excluding hydrogens is 342 g/mol. The third-order valence-corrected chi connectivity index (χ3v) is 5.09. The Morgan fingerprint density at radius 2 is 1.68 bits per heavy atom. The van der Waals surface area contributed by atoms with Gasteiger partial charge in [-0.25, -0.2) is 8.42 Å². The second-order valence-electron chi connectivity index (χ2n) is 5.89. The van der Waals surface area contributed by atoms with Crippen LogP contribution < -0.4 is 14.8 Å². The summed E-state index contributed by atoms with van der Waals surface area (Å²) in [6, 6.07) is 11.3. The van der Waals surface area contributed by atoms with Crippen molar-refractivity contribution >= 4 is 15.7 Å². The molecule has 1 atom stereocenters. The first-order valence-corrected chi connectivity index (χ1v) is 9.74. The first kappa shape index (κ1) is 17.3. The van der Waals surface area contributed by atoms with Crippen LogP contribution in [0.25, 0.3) is 0 Å². The molecule has 0 bridgehead atoms. The Hall–Kier alpha value is -2.54. The summed E-state index contributed by atoms with van der Waals surface area (Å²) in [4.78, 5) is 12.7. The maximum Gasteiger partial charge on any atom is 0.251 e. The van der Waals surface area contributed by atoms with Crippen molar-refractivity contribution in [1.82, 2.24) is 5.32 Å². The van der Waals surface area contributed by atoms with Crippen molar-refractivity contribution in [3.8, 4) is 11.5 Å². The molecule has 2 aromatic carbocycles. The van der Waals surface area contributed by atoms with Crippen LogP contribution in [0.4, 0.5) is 0 Å². The van der Waals surface area contributed by atoms with Crippen LogP contribution in [0.2, 0.25) is 0 Å². The van der Waals surface area contributed by atoms with Gasteiger partial charge in [0.1, 0.15) is 13.2 Å². The quantitative estimate of drug-likeness (QED) is 0.904. The monoisotopic (exact) mass is 361 g/mol. The van der Waals surface area contributed by atoms with Gasteiger partial charge >= 0.3 is 0 Å². The van der Waals surface area contributed by atoms with E-state index in [1.165, 1.54) is 12.1 Å². The van der Waals surface area contributed by atoms with Gasteiger partial charge in [-0.2, -0.15) is 0 Å². The summed E-state index contributed by atoms with van der Waals surface area (Å²) in [5.74, 6) is 0.952. The van der Waals surface area contributed by atoms with E-state index in [4.69, 9.17) is 9.47 Å². The van der Waals surface area contributed by atoms with Crippen LogP contribution in [0, 0.1) is 0 Å². The van der Waals surface area contributed by atoms with Crippen LogP contribution in [0.5, 0.6) is 11.5 Å². The van der Waals surface area contributed by atoms with Crippen molar-refractivity contribution < 1.29 is 22.7 Å². The Morgan fingerprint density at radius 3 is 2.32 bits per heavy atom. The van der Waals surface area contributed by atoms with Gasteiger partial charge in [-0.1, -0.05) is 12.1 Å². The van der Waals surface area contributed by atoms with Crippen LogP contribution in [-0.4, -0.2) is 33.8 Å². The summed E-state index contributed by atoms with van der Waals surface area (Å²) < 4.78 is 33.9. The number of fused-ring (bicyclic) bond motifs is 1. The van der Waals surface area contributed by atoms with Crippen molar-refractivity contribution in [2.24, 2.45) is 0 Å². The van der Waals surface area contributed by atoms with Crippen LogP contribution in [0.15, 0.2) is 47.4 Å². The molecule has 0 spiro atoms. The van der Waals surface area contributed by atoms with E-state index >= 15 is 0 Å². The summed E-state index contributed by atoms with van der Waals surface area (Å²) in [6.07, 6.45) is 1.16. The van der Waals surface area contributed by atoms with Crippen LogP contribution in [-0.2, 0) is 9.84 Å². The van der Waals surface area contributed by atoms with E-state index in [9.17, 15) is 13.2 Å². The van der Waals surface area contributed by atoms with Gasteiger partial charge in [0.25, 0.3) is 5.91 Å². The number of rotatable bonds is 4. The van der Waals surface area contributed by atoms with Crippen molar-refractivity contribution in [2.75, 3.05) is 19.5 Å². The van der Waals surface area contributed by atoms with Gasteiger partial charge in [-0.15, -0.1) is 0 Å². The normalized spacial score (nSPS) is 14.6. The fourth-order valence-corrected chi connectivity index (χ4v) is 3.18. The summed E-state index contributed by atoms with van der Waals surface area (Å²) in [5.41, 5.74) is 1.29. The minimum atomic E-state index is -3.23. The van der Waals surface area contributed by atoms with Gasteiger partial charge in [0, 0.05) is 11.8 Å². The fourth-order valence-electron chi connectivity index (χ4n) is 2.55. The number of hydrogen-bond donors (Lipinski definition) is 1. The molecule has 0 saturated heterocycles. The average molecular weight is 361 g/mol. The lowest BCUT2D eigenvalue weighted by molar-refractivity contribution is 0.0938. The maximum atomic E-state index is 12.4. The molecule has 25 heavy (non-hydrogen) atoms. The highest BCUT2D eigenvalue weighted by Crippen LogP contribution is 2.30. The highest BCUT2D eigenvalue weighted by molar-refractivity contribution is 7.90. The fraction of sp³-hybridized carbons (Fsp3) is 0.278. The summed E-state index contributed by atoms with van der Waals surface area (Å²) >= 11 is 0. The molecule has 2 aromatic rings. The molecule has 1 amide bonds. The van der Waals surface area contributed by atoms with Crippen molar-refractivity contribution in [2.45, 2.75) is 17.9 Å². The van der Waals surface area contributed by atoms with Crippen molar-refractivity contribution in [3.05, 3.63) is 53.6 Å². The molecule has 0 fully saturated rings. The molecule has 6 nitrogen and oxygen atoms in total. The highest BCUT2D eigenvalue weighted by atomic mass is 32.2. The minimum Gasteiger partial charge on any atom is -0.486 e. The number of carbonyl (C=O) groups excluding carboxylic acids is 1. The van der Waals surface area contributed by atoms with Crippen molar-refractivity contribution in [1.29, 1.82) is 0 Å². The Bertz CT molecular complexity index is 890. The molecule has 0 aromatic heterocycles. The first-order valence-electron chi connectivity index (χ1n) is 7.85. The lowest BCUT2D eigenvalue weighted by Crippen LogP contribution is -2.27. The lowest BCUT2D eigenvalue weighted by Gasteiger charge is -2.19. The second-order valence-corrected chi connectivity index (χ2v) is 7.91. The Morgan fingerprint density at radius 1 is 1.04 bits per heavy atom. The molecule has 7 heteroatoms. The maximum absolute atomic E-state index is 12.4. The van der Waals surface area contributed by atoms with E-state index < -0.39 is 9.84 Å². The van der Waals surface area contributed by atoms with Gasteiger partial charge in [0.15, 0.2) is 21.3 Å². The van der Waals surface area contributed by atoms with Gasteiger partial charge in [0.05, 0.1) is 10.9 Å². The Balaban J connectivity index is 1.72. The third kappa shape index (κ3) is 3.93. The largest absolute Gasteiger partial charge is 0.486 e. The molecule has 1 heterocycles. The van der Waals surface area contributed by atoms with E-state index in [1.807, 2.05) is 6.92 Å². The Kier molecular flexibility index (Phi) is 4.67. The number of amides is 1. The summed E-state index contributed by atoms with van der Waals surface area (Å²) in [5, 5.41) is 2.89. The molecule has 0 unspecified atom stereocenters. The van der Waals surface area contributed by atoms with Crippen LogP contribution in [0.3, 0.4) is 0 Å². The number of benzene rings is 2. The number of carbonyl (C=O) groups is 1. The van der Waals surface area contributed by atoms with Crippen LogP contribution in [0.1, 0.15) is 28.9 Å². The first-order chi connectivity index (χ1) is 11.8. The smallest absolute Gasteiger partial charge is 0.251 e. The molecule has 1 aliphatic heterocycles.